The third-order valence-corrected chi connectivity index (χ3v) is 6.06. The Kier molecular flexibility index (Phi) is 6.03. The minimum absolute atomic E-state index is 0.241. The van der Waals surface area contributed by atoms with E-state index in [1.54, 1.807) is 11.3 Å². The van der Waals surface area contributed by atoms with Gasteiger partial charge in [-0.1, -0.05) is 25.1 Å². The van der Waals surface area contributed by atoms with Crippen molar-refractivity contribution in [3.8, 4) is 10.6 Å². The second-order valence-corrected chi connectivity index (χ2v) is 7.68. The number of anilines is 1. The maximum Gasteiger partial charge on any atom is 0.328 e. The lowest BCUT2D eigenvalue weighted by molar-refractivity contribution is -0.142. The average Bonchev–Trinajstić information content (AvgIpc) is 3.35. The van der Waals surface area contributed by atoms with E-state index in [4.69, 9.17) is 4.74 Å². The van der Waals surface area contributed by atoms with E-state index in [0.29, 0.717) is 22.7 Å². The lowest BCUT2D eigenvalue weighted by atomic mass is 10.1. The number of para-hydroxylation sites is 1. The SMILES string of the molecule is CCC(C(=O)OC)N(C(=O)c1sc(-c2ccsc2)nc1C)c1ccccc1. The molecular weight excluding hydrogens is 380 g/mol. The van der Waals surface area contributed by atoms with Crippen LogP contribution >= 0.6 is 22.7 Å². The van der Waals surface area contributed by atoms with Crippen LogP contribution in [0, 0.1) is 6.92 Å². The number of ether oxygens (including phenoxy) is 1. The monoisotopic (exact) mass is 400 g/mol. The van der Waals surface area contributed by atoms with Crippen molar-refractivity contribution < 1.29 is 14.3 Å². The summed E-state index contributed by atoms with van der Waals surface area (Å²) >= 11 is 2.93. The highest BCUT2D eigenvalue weighted by Gasteiger charge is 2.33. The molecule has 2 heterocycles. The zero-order valence-electron chi connectivity index (χ0n) is 15.3. The number of aromatic nitrogens is 1. The van der Waals surface area contributed by atoms with Gasteiger partial charge in [-0.15, -0.1) is 11.3 Å². The molecule has 0 radical (unpaired) electrons. The Morgan fingerprint density at radius 1 is 1.22 bits per heavy atom. The predicted octanol–water partition coefficient (Wildman–Crippen LogP) is 4.78. The van der Waals surface area contributed by atoms with Crippen LogP contribution in [0.4, 0.5) is 5.69 Å². The third-order valence-electron chi connectivity index (χ3n) is 4.18. The molecule has 1 atom stereocenters. The summed E-state index contributed by atoms with van der Waals surface area (Å²) in [5.41, 5.74) is 2.31. The van der Waals surface area contributed by atoms with Crippen LogP contribution in [0.15, 0.2) is 47.2 Å². The molecule has 5 nitrogen and oxygen atoms in total. The number of amides is 1. The van der Waals surface area contributed by atoms with Gasteiger partial charge in [0.25, 0.3) is 5.91 Å². The lowest BCUT2D eigenvalue weighted by Gasteiger charge is -2.29. The van der Waals surface area contributed by atoms with Gasteiger partial charge >= 0.3 is 5.97 Å². The molecule has 27 heavy (non-hydrogen) atoms. The average molecular weight is 401 g/mol. The van der Waals surface area contributed by atoms with E-state index in [1.807, 2.05) is 61.0 Å². The quantitative estimate of drug-likeness (QED) is 0.559. The van der Waals surface area contributed by atoms with Gasteiger partial charge in [-0.2, -0.15) is 11.3 Å². The number of esters is 1. The van der Waals surface area contributed by atoms with Crippen molar-refractivity contribution in [3.05, 3.63) is 57.7 Å². The molecule has 0 aliphatic rings. The molecule has 3 rings (SSSR count). The van der Waals surface area contributed by atoms with Crippen LogP contribution in [-0.2, 0) is 9.53 Å². The number of rotatable bonds is 6. The molecule has 140 valence electrons. The zero-order valence-corrected chi connectivity index (χ0v) is 17.0. The van der Waals surface area contributed by atoms with Gasteiger partial charge in [-0.05, 0) is 36.9 Å². The smallest absolute Gasteiger partial charge is 0.328 e. The second-order valence-electron chi connectivity index (χ2n) is 5.90. The summed E-state index contributed by atoms with van der Waals surface area (Å²) < 4.78 is 4.94. The highest BCUT2D eigenvalue weighted by Crippen LogP contribution is 2.32. The molecule has 0 saturated carbocycles. The van der Waals surface area contributed by atoms with Crippen molar-refractivity contribution >= 4 is 40.2 Å². The normalized spacial score (nSPS) is 11.8. The molecule has 0 fully saturated rings. The first-order chi connectivity index (χ1) is 13.1. The Labute approximate surface area is 166 Å². The summed E-state index contributed by atoms with van der Waals surface area (Å²) in [6.45, 7) is 3.68. The number of methoxy groups -OCH3 is 1. The van der Waals surface area contributed by atoms with E-state index in [0.717, 1.165) is 10.6 Å². The number of benzene rings is 1. The standard InChI is InChI=1S/C20H20N2O3S2/c1-4-16(20(24)25-3)22(15-8-6-5-7-9-15)19(23)17-13(2)21-18(27-17)14-10-11-26-12-14/h5-12,16H,4H2,1-3H3. The highest BCUT2D eigenvalue weighted by molar-refractivity contribution is 7.17. The number of hydrogen-bond acceptors (Lipinski definition) is 6. The van der Waals surface area contributed by atoms with Crippen LogP contribution in [0.1, 0.15) is 28.7 Å². The Morgan fingerprint density at radius 2 is 1.96 bits per heavy atom. The molecule has 7 heteroatoms. The maximum atomic E-state index is 13.5. The number of thiazole rings is 1. The Morgan fingerprint density at radius 3 is 2.56 bits per heavy atom. The van der Waals surface area contributed by atoms with Gasteiger partial charge in [-0.25, -0.2) is 9.78 Å². The van der Waals surface area contributed by atoms with E-state index < -0.39 is 12.0 Å². The molecule has 2 aromatic heterocycles. The van der Waals surface area contributed by atoms with Gasteiger partial charge in [0, 0.05) is 16.6 Å². The van der Waals surface area contributed by atoms with Gasteiger partial charge < -0.3 is 4.74 Å². The van der Waals surface area contributed by atoms with Crippen LogP contribution in [0.25, 0.3) is 10.6 Å². The Bertz CT molecular complexity index is 920. The van der Waals surface area contributed by atoms with Gasteiger partial charge in [-0.3, -0.25) is 9.69 Å². The molecule has 0 saturated heterocycles. The molecule has 0 bridgehead atoms. The molecule has 1 aromatic carbocycles. The first kappa shape index (κ1) is 19.3. The molecule has 3 aromatic rings. The van der Waals surface area contributed by atoms with Crippen LogP contribution in [0.3, 0.4) is 0 Å². The summed E-state index contributed by atoms with van der Waals surface area (Å²) in [6.07, 6.45) is 0.447. The summed E-state index contributed by atoms with van der Waals surface area (Å²) in [4.78, 5) is 32.4. The van der Waals surface area contributed by atoms with Gasteiger partial charge in [0.2, 0.25) is 0 Å². The molecule has 0 spiro atoms. The van der Waals surface area contributed by atoms with Crippen molar-refractivity contribution in [1.82, 2.24) is 4.98 Å². The summed E-state index contributed by atoms with van der Waals surface area (Å²) in [5.74, 6) is -0.676. The van der Waals surface area contributed by atoms with E-state index in [-0.39, 0.29) is 5.91 Å². The molecule has 0 aliphatic heterocycles. The molecule has 1 amide bonds. The first-order valence-electron chi connectivity index (χ1n) is 8.53. The number of hydrogen-bond donors (Lipinski definition) is 0. The van der Waals surface area contributed by atoms with Gasteiger partial charge in [0.05, 0.1) is 12.8 Å². The van der Waals surface area contributed by atoms with Gasteiger partial charge in [0.1, 0.15) is 15.9 Å². The van der Waals surface area contributed by atoms with E-state index in [1.165, 1.54) is 23.3 Å². The Balaban J connectivity index is 2.05. The van der Waals surface area contributed by atoms with E-state index in [2.05, 4.69) is 4.98 Å². The van der Waals surface area contributed by atoms with Crippen LogP contribution in [0.2, 0.25) is 0 Å². The van der Waals surface area contributed by atoms with Crippen molar-refractivity contribution in [2.75, 3.05) is 12.0 Å². The molecule has 0 N–H and O–H groups in total. The predicted molar refractivity (Wildman–Crippen MR) is 110 cm³/mol. The number of carbonyl (C=O) groups excluding carboxylic acids is 2. The largest absolute Gasteiger partial charge is 0.467 e. The van der Waals surface area contributed by atoms with Crippen LogP contribution in [0.5, 0.6) is 0 Å². The fourth-order valence-corrected chi connectivity index (χ4v) is 4.55. The van der Waals surface area contributed by atoms with Crippen LogP contribution in [-0.4, -0.2) is 30.0 Å². The summed E-state index contributed by atoms with van der Waals surface area (Å²) in [7, 11) is 1.34. The summed E-state index contributed by atoms with van der Waals surface area (Å²) in [6, 6.07) is 10.5. The fourth-order valence-electron chi connectivity index (χ4n) is 2.83. The van der Waals surface area contributed by atoms with E-state index >= 15 is 0 Å². The second kappa shape index (κ2) is 8.45. The Hall–Kier alpha value is -2.51. The highest BCUT2D eigenvalue weighted by atomic mass is 32.1. The maximum absolute atomic E-state index is 13.5. The van der Waals surface area contributed by atoms with Crippen molar-refractivity contribution in [2.45, 2.75) is 26.3 Å². The number of aryl methyl sites for hydroxylation is 1. The van der Waals surface area contributed by atoms with E-state index in [9.17, 15) is 9.59 Å². The van der Waals surface area contributed by atoms with Crippen molar-refractivity contribution in [3.63, 3.8) is 0 Å². The minimum Gasteiger partial charge on any atom is -0.467 e. The fraction of sp³-hybridized carbons (Fsp3) is 0.250. The number of nitrogens with zero attached hydrogens (tertiary/aromatic N) is 2. The lowest BCUT2D eigenvalue weighted by Crippen LogP contribution is -2.45. The van der Waals surface area contributed by atoms with Crippen LogP contribution < -0.4 is 4.90 Å². The molecular formula is C20H20N2O3S2. The molecule has 1 unspecified atom stereocenters. The summed E-state index contributed by atoms with van der Waals surface area (Å²) in [5, 5.41) is 4.79. The third kappa shape index (κ3) is 3.94. The number of carbonyl (C=O) groups is 2. The number of thiophene rings is 1. The topological polar surface area (TPSA) is 59.5 Å². The van der Waals surface area contributed by atoms with Crippen molar-refractivity contribution in [1.29, 1.82) is 0 Å². The van der Waals surface area contributed by atoms with Gasteiger partial charge in [0.15, 0.2) is 0 Å². The van der Waals surface area contributed by atoms with Crippen molar-refractivity contribution in [2.24, 2.45) is 0 Å². The molecule has 0 aliphatic carbocycles. The minimum atomic E-state index is -0.698. The first-order valence-corrected chi connectivity index (χ1v) is 10.3. The zero-order chi connectivity index (χ0) is 19.4.